The molecule has 2 N–H and O–H groups in total. The number of carboxylic acid groups (broad SMARTS) is 1. The van der Waals surface area contributed by atoms with Crippen LogP contribution in [0.15, 0.2) is 29.8 Å². The Morgan fingerprint density at radius 1 is 1.50 bits per heavy atom. The molecule has 1 rings (SSSR count). The molecule has 0 aliphatic carbocycles. The van der Waals surface area contributed by atoms with E-state index < -0.39 is 5.97 Å². The number of rotatable bonds is 3. The first-order chi connectivity index (χ1) is 6.63. The van der Waals surface area contributed by atoms with Crippen molar-refractivity contribution in [2.75, 3.05) is 0 Å². The van der Waals surface area contributed by atoms with E-state index in [2.05, 4.69) is 0 Å². The summed E-state index contributed by atoms with van der Waals surface area (Å²) in [5.74, 6) is -0.782. The standard InChI is InChI=1S/C11H12O3/c1-2-9(11(13)14)6-8-4-3-5-10(12)7-8/h3-7,12H,2H2,1H3,(H,13,14)/b9-6+. The van der Waals surface area contributed by atoms with Crippen LogP contribution in [0.4, 0.5) is 0 Å². The quantitative estimate of drug-likeness (QED) is 0.722. The van der Waals surface area contributed by atoms with Crippen LogP contribution in [-0.2, 0) is 4.79 Å². The Labute approximate surface area is 82.3 Å². The van der Waals surface area contributed by atoms with Crippen molar-refractivity contribution < 1.29 is 15.0 Å². The molecule has 0 bridgehead atoms. The first kappa shape index (κ1) is 10.3. The highest BCUT2D eigenvalue weighted by molar-refractivity contribution is 5.92. The number of phenols is 1. The minimum absolute atomic E-state index is 0.139. The number of hydrogen-bond acceptors (Lipinski definition) is 2. The molecule has 1 aromatic carbocycles. The van der Waals surface area contributed by atoms with Gasteiger partial charge in [-0.3, -0.25) is 0 Å². The van der Waals surface area contributed by atoms with Crippen LogP contribution in [0.3, 0.4) is 0 Å². The Hall–Kier alpha value is -1.77. The van der Waals surface area contributed by atoms with Gasteiger partial charge in [-0.2, -0.15) is 0 Å². The molecule has 0 aliphatic rings. The smallest absolute Gasteiger partial charge is 0.331 e. The number of benzene rings is 1. The molecule has 0 spiro atoms. The fourth-order valence-corrected chi connectivity index (χ4v) is 1.13. The van der Waals surface area contributed by atoms with Crippen LogP contribution in [0.1, 0.15) is 18.9 Å². The molecule has 1 aromatic rings. The zero-order chi connectivity index (χ0) is 10.6. The fraction of sp³-hybridized carbons (Fsp3) is 0.182. The summed E-state index contributed by atoms with van der Waals surface area (Å²) in [6.07, 6.45) is 2.02. The lowest BCUT2D eigenvalue weighted by Gasteiger charge is -1.99. The first-order valence-electron chi connectivity index (χ1n) is 4.36. The summed E-state index contributed by atoms with van der Waals surface area (Å²) in [7, 11) is 0. The molecule has 0 radical (unpaired) electrons. The number of carboxylic acids is 1. The number of hydrogen-bond donors (Lipinski definition) is 2. The van der Waals surface area contributed by atoms with Crippen LogP contribution in [0.2, 0.25) is 0 Å². The predicted octanol–water partition coefficient (Wildman–Crippen LogP) is 2.27. The Morgan fingerprint density at radius 2 is 2.21 bits per heavy atom. The highest BCUT2D eigenvalue weighted by atomic mass is 16.4. The summed E-state index contributed by atoms with van der Waals surface area (Å²) in [6, 6.07) is 6.50. The summed E-state index contributed by atoms with van der Waals surface area (Å²) >= 11 is 0. The van der Waals surface area contributed by atoms with E-state index in [-0.39, 0.29) is 5.75 Å². The molecular formula is C11H12O3. The summed E-state index contributed by atoms with van der Waals surface area (Å²) in [4.78, 5) is 10.7. The van der Waals surface area contributed by atoms with Crippen molar-refractivity contribution >= 4 is 12.0 Å². The molecule has 3 heteroatoms. The van der Waals surface area contributed by atoms with Gasteiger partial charge in [0.25, 0.3) is 0 Å². The normalized spacial score (nSPS) is 11.4. The van der Waals surface area contributed by atoms with Crippen LogP contribution in [0, 0.1) is 0 Å². The Balaban J connectivity index is 3.00. The SMILES string of the molecule is CC/C(=C\c1cccc(O)c1)C(=O)O. The Morgan fingerprint density at radius 3 is 2.71 bits per heavy atom. The van der Waals surface area contributed by atoms with E-state index in [1.165, 1.54) is 6.07 Å². The maximum Gasteiger partial charge on any atom is 0.331 e. The largest absolute Gasteiger partial charge is 0.508 e. The van der Waals surface area contributed by atoms with Gasteiger partial charge in [0.05, 0.1) is 0 Å². The molecule has 14 heavy (non-hydrogen) atoms. The lowest BCUT2D eigenvalue weighted by atomic mass is 10.1. The highest BCUT2D eigenvalue weighted by Gasteiger charge is 2.03. The van der Waals surface area contributed by atoms with Crippen LogP contribution < -0.4 is 0 Å². The van der Waals surface area contributed by atoms with E-state index in [1.807, 2.05) is 0 Å². The van der Waals surface area contributed by atoms with Gasteiger partial charge < -0.3 is 10.2 Å². The van der Waals surface area contributed by atoms with Gasteiger partial charge in [-0.1, -0.05) is 19.1 Å². The lowest BCUT2D eigenvalue weighted by molar-refractivity contribution is -0.132. The van der Waals surface area contributed by atoms with Crippen molar-refractivity contribution in [2.45, 2.75) is 13.3 Å². The molecule has 0 atom stereocenters. The van der Waals surface area contributed by atoms with Crippen LogP contribution >= 0.6 is 0 Å². The first-order valence-corrected chi connectivity index (χ1v) is 4.36. The van der Waals surface area contributed by atoms with Crippen molar-refractivity contribution in [3.05, 3.63) is 35.4 Å². The van der Waals surface area contributed by atoms with Gasteiger partial charge in [0.2, 0.25) is 0 Å². The van der Waals surface area contributed by atoms with Gasteiger partial charge in [0.15, 0.2) is 0 Å². The maximum atomic E-state index is 10.7. The number of carbonyl (C=O) groups is 1. The fourth-order valence-electron chi connectivity index (χ4n) is 1.13. The van der Waals surface area contributed by atoms with Gasteiger partial charge in [0, 0.05) is 5.57 Å². The number of aromatic hydroxyl groups is 1. The molecule has 0 amide bonds. The molecule has 0 fully saturated rings. The second kappa shape index (κ2) is 4.46. The molecule has 3 nitrogen and oxygen atoms in total. The summed E-state index contributed by atoms with van der Waals surface area (Å²) < 4.78 is 0. The van der Waals surface area contributed by atoms with E-state index in [0.717, 1.165) is 0 Å². The zero-order valence-electron chi connectivity index (χ0n) is 7.90. The second-order valence-electron chi connectivity index (χ2n) is 2.92. The van der Waals surface area contributed by atoms with Crippen molar-refractivity contribution in [1.82, 2.24) is 0 Å². The molecule has 0 saturated carbocycles. The third-order valence-electron chi connectivity index (χ3n) is 1.87. The van der Waals surface area contributed by atoms with E-state index in [1.54, 1.807) is 31.2 Å². The minimum Gasteiger partial charge on any atom is -0.508 e. The average Bonchev–Trinajstić information content (AvgIpc) is 2.14. The topological polar surface area (TPSA) is 57.5 Å². The third-order valence-corrected chi connectivity index (χ3v) is 1.87. The minimum atomic E-state index is -0.921. The maximum absolute atomic E-state index is 10.7. The van der Waals surface area contributed by atoms with Crippen LogP contribution in [0.25, 0.3) is 6.08 Å². The van der Waals surface area contributed by atoms with E-state index in [0.29, 0.717) is 17.6 Å². The van der Waals surface area contributed by atoms with E-state index in [4.69, 9.17) is 10.2 Å². The van der Waals surface area contributed by atoms with Crippen molar-refractivity contribution in [3.8, 4) is 5.75 Å². The molecule has 0 aliphatic heterocycles. The van der Waals surface area contributed by atoms with Gasteiger partial charge in [-0.15, -0.1) is 0 Å². The highest BCUT2D eigenvalue weighted by Crippen LogP contribution is 2.15. The second-order valence-corrected chi connectivity index (χ2v) is 2.92. The summed E-state index contributed by atoms with van der Waals surface area (Å²) in [5, 5.41) is 17.9. The van der Waals surface area contributed by atoms with Gasteiger partial charge >= 0.3 is 5.97 Å². The Bertz CT molecular complexity index is 367. The van der Waals surface area contributed by atoms with E-state index >= 15 is 0 Å². The number of phenolic OH excluding ortho intramolecular Hbond substituents is 1. The number of aliphatic carboxylic acids is 1. The van der Waals surface area contributed by atoms with Gasteiger partial charge in [0.1, 0.15) is 5.75 Å². The average molecular weight is 192 g/mol. The molecule has 0 heterocycles. The summed E-state index contributed by atoms with van der Waals surface area (Å²) in [6.45, 7) is 1.78. The Kier molecular flexibility index (Phi) is 3.29. The molecular weight excluding hydrogens is 180 g/mol. The van der Waals surface area contributed by atoms with Gasteiger partial charge in [-0.05, 0) is 30.2 Å². The monoisotopic (exact) mass is 192 g/mol. The van der Waals surface area contributed by atoms with E-state index in [9.17, 15) is 4.79 Å². The van der Waals surface area contributed by atoms with Crippen LogP contribution in [0.5, 0.6) is 5.75 Å². The van der Waals surface area contributed by atoms with Crippen LogP contribution in [-0.4, -0.2) is 16.2 Å². The molecule has 0 unspecified atom stereocenters. The lowest BCUT2D eigenvalue weighted by Crippen LogP contribution is -1.98. The van der Waals surface area contributed by atoms with Crippen molar-refractivity contribution in [2.24, 2.45) is 0 Å². The predicted molar refractivity (Wildman–Crippen MR) is 54.0 cm³/mol. The molecule has 0 aromatic heterocycles. The molecule has 74 valence electrons. The third kappa shape index (κ3) is 2.62. The van der Waals surface area contributed by atoms with Crippen molar-refractivity contribution in [1.29, 1.82) is 0 Å². The molecule has 0 saturated heterocycles. The zero-order valence-corrected chi connectivity index (χ0v) is 7.90. The van der Waals surface area contributed by atoms with Crippen molar-refractivity contribution in [3.63, 3.8) is 0 Å². The van der Waals surface area contributed by atoms with Gasteiger partial charge in [-0.25, -0.2) is 4.79 Å². The summed E-state index contributed by atoms with van der Waals surface area (Å²) in [5.41, 5.74) is 1.03.